The van der Waals surface area contributed by atoms with Gasteiger partial charge in [0.15, 0.2) is 0 Å². The van der Waals surface area contributed by atoms with Crippen molar-refractivity contribution < 1.29 is 0 Å². The van der Waals surface area contributed by atoms with Gasteiger partial charge in [0.25, 0.3) is 0 Å². The van der Waals surface area contributed by atoms with Gasteiger partial charge in [-0.3, -0.25) is 4.98 Å². The second kappa shape index (κ2) is 5.91. The molecule has 0 bridgehead atoms. The van der Waals surface area contributed by atoms with Gasteiger partial charge in [0, 0.05) is 42.8 Å². The normalized spacial score (nSPS) is 18.6. The van der Waals surface area contributed by atoms with E-state index in [-0.39, 0.29) is 0 Å². The van der Waals surface area contributed by atoms with Crippen molar-refractivity contribution in [1.82, 2.24) is 10.3 Å². The third-order valence-electron chi connectivity index (χ3n) is 4.12. The summed E-state index contributed by atoms with van der Waals surface area (Å²) in [6.07, 6.45) is 4.58. The van der Waals surface area contributed by atoms with Gasteiger partial charge in [0.1, 0.15) is 0 Å². The minimum Gasteiger partial charge on any atom is -0.371 e. The highest BCUT2D eigenvalue weighted by Gasteiger charge is 2.26. The number of hydrogen-bond acceptors (Lipinski definition) is 3. The fourth-order valence-corrected chi connectivity index (χ4v) is 2.62. The molecule has 2 rings (SSSR count). The summed E-state index contributed by atoms with van der Waals surface area (Å²) in [5.41, 5.74) is 4.32. The fourth-order valence-electron chi connectivity index (χ4n) is 2.62. The minimum absolute atomic E-state index is 0.500. The summed E-state index contributed by atoms with van der Waals surface area (Å²) >= 11 is 0. The molecule has 0 radical (unpaired) electrons. The van der Waals surface area contributed by atoms with E-state index in [4.69, 9.17) is 0 Å². The minimum atomic E-state index is 0.500. The van der Waals surface area contributed by atoms with Crippen LogP contribution in [-0.4, -0.2) is 24.6 Å². The third kappa shape index (κ3) is 3.69. The monoisotopic (exact) mass is 261 g/mol. The van der Waals surface area contributed by atoms with Crippen LogP contribution >= 0.6 is 0 Å². The Hall–Kier alpha value is -1.09. The molecule has 1 aliphatic rings. The van der Waals surface area contributed by atoms with E-state index in [9.17, 15) is 0 Å². The first-order chi connectivity index (χ1) is 9.02. The maximum Gasteiger partial charge on any atom is 0.0445 e. The maximum atomic E-state index is 4.45. The SMILES string of the molecule is CCNCc1cnc(C)cc1N1CCC(C)(C)CC1. The number of hydrogen-bond donors (Lipinski definition) is 1. The average Bonchev–Trinajstić information content (AvgIpc) is 2.37. The lowest BCUT2D eigenvalue weighted by atomic mass is 9.82. The topological polar surface area (TPSA) is 28.2 Å². The summed E-state index contributed by atoms with van der Waals surface area (Å²) in [7, 11) is 0. The Kier molecular flexibility index (Phi) is 4.46. The van der Waals surface area contributed by atoms with Crippen molar-refractivity contribution in [2.45, 2.75) is 47.1 Å². The van der Waals surface area contributed by atoms with Crippen molar-refractivity contribution in [3.8, 4) is 0 Å². The van der Waals surface area contributed by atoms with Crippen molar-refractivity contribution in [2.75, 3.05) is 24.5 Å². The molecule has 0 saturated carbocycles. The van der Waals surface area contributed by atoms with Crippen molar-refractivity contribution in [1.29, 1.82) is 0 Å². The molecule has 0 aromatic carbocycles. The van der Waals surface area contributed by atoms with Crippen LogP contribution in [0.3, 0.4) is 0 Å². The summed E-state index contributed by atoms with van der Waals surface area (Å²) in [5, 5.41) is 3.41. The third-order valence-corrected chi connectivity index (χ3v) is 4.12. The van der Waals surface area contributed by atoms with Gasteiger partial charge in [-0.15, -0.1) is 0 Å². The molecule has 1 fully saturated rings. The van der Waals surface area contributed by atoms with Crippen LogP contribution in [0.15, 0.2) is 12.3 Å². The predicted molar refractivity (Wildman–Crippen MR) is 81.6 cm³/mol. The van der Waals surface area contributed by atoms with Gasteiger partial charge in [-0.2, -0.15) is 0 Å². The molecule has 1 saturated heterocycles. The summed E-state index contributed by atoms with van der Waals surface area (Å²) in [5.74, 6) is 0. The molecule has 1 N–H and O–H groups in total. The zero-order valence-corrected chi connectivity index (χ0v) is 12.8. The molecule has 3 nitrogen and oxygen atoms in total. The molecular formula is C16H27N3. The Morgan fingerprint density at radius 2 is 2.00 bits per heavy atom. The van der Waals surface area contributed by atoms with Crippen LogP contribution in [0.5, 0.6) is 0 Å². The van der Waals surface area contributed by atoms with Crippen LogP contribution in [0.1, 0.15) is 44.9 Å². The molecule has 3 heteroatoms. The van der Waals surface area contributed by atoms with Crippen LogP contribution in [0.25, 0.3) is 0 Å². The molecule has 0 atom stereocenters. The highest BCUT2D eigenvalue weighted by atomic mass is 15.1. The molecule has 0 unspecified atom stereocenters. The van der Waals surface area contributed by atoms with Crippen molar-refractivity contribution in [3.05, 3.63) is 23.5 Å². The predicted octanol–water partition coefficient (Wildman–Crippen LogP) is 3.13. The van der Waals surface area contributed by atoms with E-state index in [0.717, 1.165) is 31.9 Å². The van der Waals surface area contributed by atoms with Crippen LogP contribution in [0.4, 0.5) is 5.69 Å². The van der Waals surface area contributed by atoms with Gasteiger partial charge in [-0.1, -0.05) is 20.8 Å². The molecule has 0 amide bonds. The first-order valence-electron chi connectivity index (χ1n) is 7.43. The molecule has 106 valence electrons. The molecule has 1 aromatic rings. The molecule has 1 aromatic heterocycles. The number of aryl methyl sites for hydroxylation is 1. The van der Waals surface area contributed by atoms with Crippen molar-refractivity contribution in [3.63, 3.8) is 0 Å². The van der Waals surface area contributed by atoms with Gasteiger partial charge in [0.2, 0.25) is 0 Å². The summed E-state index contributed by atoms with van der Waals surface area (Å²) in [4.78, 5) is 6.98. The van der Waals surface area contributed by atoms with Crippen molar-refractivity contribution >= 4 is 5.69 Å². The maximum absolute atomic E-state index is 4.45. The lowest BCUT2D eigenvalue weighted by Gasteiger charge is -2.39. The van der Waals surface area contributed by atoms with Gasteiger partial charge < -0.3 is 10.2 Å². The van der Waals surface area contributed by atoms with E-state index in [2.05, 4.69) is 49.0 Å². The van der Waals surface area contributed by atoms with E-state index in [1.165, 1.54) is 24.1 Å². The molecule has 19 heavy (non-hydrogen) atoms. The zero-order valence-electron chi connectivity index (χ0n) is 12.8. The van der Waals surface area contributed by atoms with Crippen LogP contribution in [-0.2, 0) is 6.54 Å². The highest BCUT2D eigenvalue weighted by molar-refractivity contribution is 5.54. The number of nitrogens with one attached hydrogen (secondary N) is 1. The Morgan fingerprint density at radius 1 is 1.32 bits per heavy atom. The molecular weight excluding hydrogens is 234 g/mol. The Morgan fingerprint density at radius 3 is 2.63 bits per heavy atom. The largest absolute Gasteiger partial charge is 0.371 e. The number of rotatable bonds is 4. The van der Waals surface area contributed by atoms with E-state index in [1.54, 1.807) is 0 Å². The number of pyridine rings is 1. The van der Waals surface area contributed by atoms with Crippen LogP contribution in [0, 0.1) is 12.3 Å². The van der Waals surface area contributed by atoms with Gasteiger partial charge in [-0.25, -0.2) is 0 Å². The fraction of sp³-hybridized carbons (Fsp3) is 0.688. The lowest BCUT2D eigenvalue weighted by molar-refractivity contribution is 0.279. The second-order valence-corrected chi connectivity index (χ2v) is 6.39. The van der Waals surface area contributed by atoms with Gasteiger partial charge in [-0.05, 0) is 37.8 Å². The number of nitrogens with zero attached hydrogens (tertiary/aromatic N) is 2. The van der Waals surface area contributed by atoms with Gasteiger partial charge in [0.05, 0.1) is 0 Å². The van der Waals surface area contributed by atoms with E-state index in [0.29, 0.717) is 5.41 Å². The molecule has 2 heterocycles. The standard InChI is InChI=1S/C16H27N3/c1-5-17-11-14-12-18-13(2)10-15(14)19-8-6-16(3,4)7-9-19/h10,12,17H,5-9,11H2,1-4H3. The average molecular weight is 261 g/mol. The number of anilines is 1. The molecule has 0 spiro atoms. The van der Waals surface area contributed by atoms with Gasteiger partial charge >= 0.3 is 0 Å². The highest BCUT2D eigenvalue weighted by Crippen LogP contribution is 2.33. The lowest BCUT2D eigenvalue weighted by Crippen LogP contribution is -2.38. The number of piperidine rings is 1. The van der Waals surface area contributed by atoms with Crippen LogP contribution in [0.2, 0.25) is 0 Å². The summed E-state index contributed by atoms with van der Waals surface area (Å²) < 4.78 is 0. The Labute approximate surface area is 117 Å². The molecule has 1 aliphatic heterocycles. The molecule has 0 aliphatic carbocycles. The van der Waals surface area contributed by atoms with Crippen molar-refractivity contribution in [2.24, 2.45) is 5.41 Å². The van der Waals surface area contributed by atoms with E-state index >= 15 is 0 Å². The Balaban J connectivity index is 2.16. The van der Waals surface area contributed by atoms with Crippen LogP contribution < -0.4 is 10.2 Å². The quantitative estimate of drug-likeness (QED) is 0.902. The second-order valence-electron chi connectivity index (χ2n) is 6.39. The first-order valence-corrected chi connectivity index (χ1v) is 7.43. The van der Waals surface area contributed by atoms with E-state index < -0.39 is 0 Å². The summed E-state index contributed by atoms with van der Waals surface area (Å²) in [6.45, 7) is 13.2. The zero-order chi connectivity index (χ0) is 13.9. The smallest absolute Gasteiger partial charge is 0.0445 e. The first kappa shape index (κ1) is 14.3. The summed E-state index contributed by atoms with van der Waals surface area (Å²) in [6, 6.07) is 2.24. The number of aromatic nitrogens is 1. The Bertz CT molecular complexity index is 416. The van der Waals surface area contributed by atoms with E-state index in [1.807, 2.05) is 6.20 Å².